The first-order valence-electron chi connectivity index (χ1n) is 5.12. The first-order valence-corrected chi connectivity index (χ1v) is 7.03. The Morgan fingerprint density at radius 2 is 1.95 bits per heavy atom. The average Bonchev–Trinajstić information content (AvgIpc) is 2.30. The Labute approximate surface area is 124 Å². The summed E-state index contributed by atoms with van der Waals surface area (Å²) in [6, 6.07) is 3.91. The van der Waals surface area contributed by atoms with Crippen molar-refractivity contribution in [2.75, 3.05) is 18.4 Å². The topological polar surface area (TPSA) is 20.3 Å². The molecule has 0 N–H and O–H groups in total. The summed E-state index contributed by atoms with van der Waals surface area (Å²) in [5.74, 6) is -1.86. The second-order valence-corrected chi connectivity index (χ2v) is 5.28. The number of alkyl halides is 4. The number of carbonyl (C=O) groups excluding carboxylic acids is 1. The standard InChI is InChI=1S/C11H9Br2F4NO/c12-4-5-18(6-11(15,16)17)10(19)7-2-1-3-8(13)9(7)14/h1-3H,4-6H2. The molecule has 0 bridgehead atoms. The Bertz CT molecular complexity index is 464. The van der Waals surface area contributed by atoms with Crippen LogP contribution < -0.4 is 0 Å². The molecule has 0 fully saturated rings. The fourth-order valence-corrected chi connectivity index (χ4v) is 2.20. The number of halogens is 6. The fourth-order valence-electron chi connectivity index (χ4n) is 1.41. The van der Waals surface area contributed by atoms with E-state index in [4.69, 9.17) is 0 Å². The van der Waals surface area contributed by atoms with Gasteiger partial charge in [-0.25, -0.2) is 4.39 Å². The molecule has 0 spiro atoms. The molecule has 0 atom stereocenters. The third-order valence-electron chi connectivity index (χ3n) is 2.19. The van der Waals surface area contributed by atoms with Gasteiger partial charge in [0.1, 0.15) is 12.4 Å². The molecule has 0 aliphatic heterocycles. The van der Waals surface area contributed by atoms with Gasteiger partial charge in [0.05, 0.1) is 10.0 Å². The van der Waals surface area contributed by atoms with Crippen LogP contribution in [0.25, 0.3) is 0 Å². The van der Waals surface area contributed by atoms with Gasteiger partial charge in [-0.15, -0.1) is 0 Å². The molecule has 19 heavy (non-hydrogen) atoms. The normalized spacial score (nSPS) is 11.5. The first kappa shape index (κ1) is 16.4. The van der Waals surface area contributed by atoms with E-state index in [9.17, 15) is 22.4 Å². The van der Waals surface area contributed by atoms with Crippen molar-refractivity contribution in [3.8, 4) is 0 Å². The van der Waals surface area contributed by atoms with Crippen molar-refractivity contribution in [1.29, 1.82) is 0 Å². The zero-order valence-corrected chi connectivity index (χ0v) is 12.6. The number of rotatable bonds is 4. The number of hydrogen-bond donors (Lipinski definition) is 0. The lowest BCUT2D eigenvalue weighted by molar-refractivity contribution is -0.140. The molecule has 0 aliphatic carbocycles. The zero-order chi connectivity index (χ0) is 14.6. The second-order valence-electron chi connectivity index (χ2n) is 3.63. The van der Waals surface area contributed by atoms with E-state index in [1.54, 1.807) is 0 Å². The lowest BCUT2D eigenvalue weighted by Gasteiger charge is -2.23. The maximum atomic E-state index is 13.7. The summed E-state index contributed by atoms with van der Waals surface area (Å²) < 4.78 is 50.8. The van der Waals surface area contributed by atoms with Crippen molar-refractivity contribution < 1.29 is 22.4 Å². The third kappa shape index (κ3) is 4.76. The highest BCUT2D eigenvalue weighted by Gasteiger charge is 2.33. The van der Waals surface area contributed by atoms with E-state index in [2.05, 4.69) is 31.9 Å². The quantitative estimate of drug-likeness (QED) is 0.547. The Kier molecular flexibility index (Phi) is 5.79. The Morgan fingerprint density at radius 1 is 1.32 bits per heavy atom. The minimum atomic E-state index is -4.53. The number of hydrogen-bond acceptors (Lipinski definition) is 1. The molecule has 2 nitrogen and oxygen atoms in total. The van der Waals surface area contributed by atoms with Crippen LogP contribution in [0.2, 0.25) is 0 Å². The van der Waals surface area contributed by atoms with Crippen LogP contribution >= 0.6 is 31.9 Å². The highest BCUT2D eigenvalue weighted by atomic mass is 79.9. The summed E-state index contributed by atoms with van der Waals surface area (Å²) in [7, 11) is 0. The molecule has 0 aromatic heterocycles. The summed E-state index contributed by atoms with van der Waals surface area (Å²) in [6.07, 6.45) is -4.53. The predicted octanol–water partition coefficient (Wildman–Crippen LogP) is 3.99. The zero-order valence-electron chi connectivity index (χ0n) is 9.48. The molecular weight excluding hydrogens is 398 g/mol. The second kappa shape index (κ2) is 6.69. The molecule has 0 unspecified atom stereocenters. The van der Waals surface area contributed by atoms with Gasteiger partial charge in [0.2, 0.25) is 0 Å². The van der Waals surface area contributed by atoms with Gasteiger partial charge in [-0.05, 0) is 28.1 Å². The van der Waals surface area contributed by atoms with Crippen LogP contribution in [0.15, 0.2) is 22.7 Å². The van der Waals surface area contributed by atoms with E-state index >= 15 is 0 Å². The molecule has 8 heteroatoms. The van der Waals surface area contributed by atoms with Gasteiger partial charge in [-0.2, -0.15) is 13.2 Å². The summed E-state index contributed by atoms with van der Waals surface area (Å²) in [6.45, 7) is -1.58. The van der Waals surface area contributed by atoms with Crippen LogP contribution in [0, 0.1) is 5.82 Å². The molecule has 1 aromatic rings. The van der Waals surface area contributed by atoms with Crippen LogP contribution in [0.4, 0.5) is 17.6 Å². The Hall–Kier alpha value is -0.630. The minimum absolute atomic E-state index is 0.0316. The Balaban J connectivity index is 3.02. The fraction of sp³-hybridized carbons (Fsp3) is 0.364. The van der Waals surface area contributed by atoms with Crippen molar-refractivity contribution in [3.05, 3.63) is 34.1 Å². The number of nitrogens with zero attached hydrogens (tertiary/aromatic N) is 1. The van der Waals surface area contributed by atoms with Crippen LogP contribution in [-0.2, 0) is 0 Å². The monoisotopic (exact) mass is 405 g/mol. The van der Waals surface area contributed by atoms with Crippen molar-refractivity contribution >= 4 is 37.8 Å². The van der Waals surface area contributed by atoms with Gasteiger partial charge in [0.25, 0.3) is 5.91 Å². The minimum Gasteiger partial charge on any atom is -0.329 e. The number of carbonyl (C=O) groups is 1. The maximum Gasteiger partial charge on any atom is 0.406 e. The number of benzene rings is 1. The van der Waals surface area contributed by atoms with Crippen molar-refractivity contribution in [1.82, 2.24) is 4.90 Å². The molecule has 1 rings (SSSR count). The van der Waals surface area contributed by atoms with Crippen molar-refractivity contribution in [3.63, 3.8) is 0 Å². The average molecular weight is 407 g/mol. The summed E-state index contributed by atoms with van der Waals surface area (Å²) in [5.41, 5.74) is -0.389. The highest BCUT2D eigenvalue weighted by molar-refractivity contribution is 9.10. The van der Waals surface area contributed by atoms with E-state index in [0.717, 1.165) is 6.07 Å². The third-order valence-corrected chi connectivity index (χ3v) is 3.16. The number of amides is 1. The molecule has 1 aromatic carbocycles. The van der Waals surface area contributed by atoms with E-state index in [1.165, 1.54) is 12.1 Å². The van der Waals surface area contributed by atoms with Crippen LogP contribution in [-0.4, -0.2) is 35.4 Å². The molecule has 0 saturated heterocycles. The maximum absolute atomic E-state index is 13.7. The summed E-state index contributed by atoms with van der Waals surface area (Å²) in [5, 5.41) is 0.171. The van der Waals surface area contributed by atoms with E-state index in [-0.39, 0.29) is 21.9 Å². The summed E-state index contributed by atoms with van der Waals surface area (Å²) >= 11 is 5.85. The SMILES string of the molecule is O=C(c1cccc(Br)c1F)N(CCBr)CC(F)(F)F. The van der Waals surface area contributed by atoms with Gasteiger partial charge in [0, 0.05) is 11.9 Å². The van der Waals surface area contributed by atoms with E-state index < -0.39 is 24.4 Å². The molecule has 106 valence electrons. The van der Waals surface area contributed by atoms with Gasteiger partial charge in [-0.3, -0.25) is 4.79 Å². The van der Waals surface area contributed by atoms with E-state index in [1.807, 2.05) is 0 Å². The van der Waals surface area contributed by atoms with E-state index in [0.29, 0.717) is 4.90 Å². The molecule has 0 heterocycles. The lowest BCUT2D eigenvalue weighted by atomic mass is 10.2. The van der Waals surface area contributed by atoms with Gasteiger partial charge in [0.15, 0.2) is 0 Å². The van der Waals surface area contributed by atoms with Gasteiger partial charge < -0.3 is 4.90 Å². The molecule has 0 radical (unpaired) electrons. The Morgan fingerprint density at radius 3 is 2.47 bits per heavy atom. The van der Waals surface area contributed by atoms with Crippen molar-refractivity contribution in [2.45, 2.75) is 6.18 Å². The van der Waals surface area contributed by atoms with Crippen LogP contribution in [0.5, 0.6) is 0 Å². The van der Waals surface area contributed by atoms with Gasteiger partial charge >= 0.3 is 6.18 Å². The van der Waals surface area contributed by atoms with Crippen molar-refractivity contribution in [2.24, 2.45) is 0 Å². The molecular formula is C11H9Br2F4NO. The lowest BCUT2D eigenvalue weighted by Crippen LogP contribution is -2.40. The molecule has 1 amide bonds. The van der Waals surface area contributed by atoms with Crippen LogP contribution in [0.3, 0.4) is 0 Å². The summed E-state index contributed by atoms with van der Waals surface area (Å²) in [4.78, 5) is 12.5. The highest BCUT2D eigenvalue weighted by Crippen LogP contribution is 2.22. The predicted molar refractivity (Wildman–Crippen MR) is 69.9 cm³/mol. The van der Waals surface area contributed by atoms with Crippen LogP contribution in [0.1, 0.15) is 10.4 Å². The largest absolute Gasteiger partial charge is 0.406 e. The smallest absolute Gasteiger partial charge is 0.329 e. The first-order chi connectivity index (χ1) is 8.76. The van der Waals surface area contributed by atoms with Gasteiger partial charge in [-0.1, -0.05) is 22.0 Å². The molecule has 0 aliphatic rings. The molecule has 0 saturated carbocycles.